The number of thiophene rings is 1. The van der Waals surface area contributed by atoms with E-state index in [-0.39, 0.29) is 12.4 Å². The highest BCUT2D eigenvalue weighted by molar-refractivity contribution is 9.10. The van der Waals surface area contributed by atoms with Crippen LogP contribution in [0.3, 0.4) is 0 Å². The molecule has 0 N–H and O–H groups in total. The summed E-state index contributed by atoms with van der Waals surface area (Å²) >= 11 is 4.78. The second-order valence-corrected chi connectivity index (χ2v) is 5.26. The summed E-state index contributed by atoms with van der Waals surface area (Å²) in [6.07, 6.45) is 0. The molecule has 0 aliphatic carbocycles. The monoisotopic (exact) mass is 326 g/mol. The number of ketones is 1. The van der Waals surface area contributed by atoms with E-state index >= 15 is 0 Å². The first-order chi connectivity index (χ1) is 8.72. The van der Waals surface area contributed by atoms with E-state index in [4.69, 9.17) is 9.47 Å². The van der Waals surface area contributed by atoms with E-state index in [1.165, 1.54) is 11.3 Å². The molecule has 0 unspecified atom stereocenters. The zero-order valence-electron chi connectivity index (χ0n) is 9.68. The Hall–Kier alpha value is -1.33. The van der Waals surface area contributed by atoms with E-state index in [1.807, 2.05) is 23.6 Å². The van der Waals surface area contributed by atoms with Crippen molar-refractivity contribution in [3.05, 3.63) is 45.1 Å². The maximum Gasteiger partial charge on any atom is 0.210 e. The van der Waals surface area contributed by atoms with E-state index in [0.717, 1.165) is 4.47 Å². The van der Waals surface area contributed by atoms with Crippen molar-refractivity contribution in [2.45, 2.75) is 0 Å². The molecule has 1 aromatic carbocycles. The lowest BCUT2D eigenvalue weighted by atomic mass is 10.3. The number of halogens is 1. The predicted octanol–water partition coefficient (Wildman–Crippen LogP) is 3.78. The van der Waals surface area contributed by atoms with Crippen LogP contribution in [0.4, 0.5) is 0 Å². The number of Topliss-reactive ketones (excluding diaryl/α,β-unsaturated/α-hetero) is 1. The standard InChI is InChI=1S/C13H11BrO3S/c1-16-11-5-2-4-9(14)13(11)17-8-10(15)12-6-3-7-18-12/h2-7H,8H2,1H3. The summed E-state index contributed by atoms with van der Waals surface area (Å²) in [7, 11) is 1.57. The van der Waals surface area contributed by atoms with Gasteiger partial charge in [-0.3, -0.25) is 4.79 Å². The van der Waals surface area contributed by atoms with Gasteiger partial charge in [-0.25, -0.2) is 0 Å². The first-order valence-corrected chi connectivity index (χ1v) is 6.91. The number of rotatable bonds is 5. The van der Waals surface area contributed by atoms with Crippen LogP contribution in [0.5, 0.6) is 11.5 Å². The molecule has 0 saturated heterocycles. The number of methoxy groups -OCH3 is 1. The van der Waals surface area contributed by atoms with Gasteiger partial charge in [0.1, 0.15) is 0 Å². The summed E-state index contributed by atoms with van der Waals surface area (Å²) in [5.41, 5.74) is 0. The topological polar surface area (TPSA) is 35.5 Å². The summed E-state index contributed by atoms with van der Waals surface area (Å²) in [6, 6.07) is 9.10. The molecule has 18 heavy (non-hydrogen) atoms. The Morgan fingerprint density at radius 3 is 2.83 bits per heavy atom. The largest absolute Gasteiger partial charge is 0.493 e. The van der Waals surface area contributed by atoms with Gasteiger partial charge in [0.2, 0.25) is 5.78 Å². The third kappa shape index (κ3) is 2.91. The molecular formula is C13H11BrO3S. The minimum atomic E-state index is -0.0391. The average molecular weight is 327 g/mol. The second-order valence-electron chi connectivity index (χ2n) is 3.46. The molecule has 0 amide bonds. The Morgan fingerprint density at radius 2 is 2.17 bits per heavy atom. The van der Waals surface area contributed by atoms with E-state index in [1.54, 1.807) is 19.2 Å². The zero-order valence-corrected chi connectivity index (χ0v) is 12.1. The van der Waals surface area contributed by atoms with Crippen LogP contribution >= 0.6 is 27.3 Å². The van der Waals surface area contributed by atoms with Crippen LogP contribution in [0.15, 0.2) is 40.2 Å². The number of para-hydroxylation sites is 1. The van der Waals surface area contributed by atoms with Crippen molar-refractivity contribution < 1.29 is 14.3 Å². The van der Waals surface area contributed by atoms with Gasteiger partial charge in [-0.2, -0.15) is 0 Å². The van der Waals surface area contributed by atoms with Crippen molar-refractivity contribution in [1.29, 1.82) is 0 Å². The van der Waals surface area contributed by atoms with Crippen LogP contribution in [0.2, 0.25) is 0 Å². The van der Waals surface area contributed by atoms with Crippen LogP contribution in [0, 0.1) is 0 Å². The molecule has 0 radical (unpaired) electrons. The van der Waals surface area contributed by atoms with Crippen molar-refractivity contribution in [2.24, 2.45) is 0 Å². The highest BCUT2D eigenvalue weighted by Gasteiger charge is 2.12. The Kier molecular flexibility index (Phi) is 4.38. The van der Waals surface area contributed by atoms with Gasteiger partial charge >= 0.3 is 0 Å². The van der Waals surface area contributed by atoms with Crippen LogP contribution in [-0.4, -0.2) is 19.5 Å². The Bertz CT molecular complexity index is 537. The lowest BCUT2D eigenvalue weighted by Gasteiger charge is -2.11. The van der Waals surface area contributed by atoms with Crippen LogP contribution in [0.25, 0.3) is 0 Å². The minimum Gasteiger partial charge on any atom is -0.493 e. The van der Waals surface area contributed by atoms with Crippen LogP contribution in [0.1, 0.15) is 9.67 Å². The molecule has 0 aliphatic rings. The third-order valence-corrected chi connectivity index (χ3v) is 3.83. The van der Waals surface area contributed by atoms with Gasteiger partial charge in [0.25, 0.3) is 0 Å². The molecule has 1 aromatic heterocycles. The third-order valence-electron chi connectivity index (χ3n) is 2.29. The van der Waals surface area contributed by atoms with E-state index in [0.29, 0.717) is 16.4 Å². The number of carbonyl (C=O) groups excluding carboxylic acids is 1. The van der Waals surface area contributed by atoms with Gasteiger partial charge in [0.05, 0.1) is 16.5 Å². The molecule has 0 atom stereocenters. The lowest BCUT2D eigenvalue weighted by molar-refractivity contribution is 0.0923. The number of benzene rings is 1. The van der Waals surface area contributed by atoms with Gasteiger partial charge in [0, 0.05) is 0 Å². The van der Waals surface area contributed by atoms with Crippen molar-refractivity contribution in [1.82, 2.24) is 0 Å². The van der Waals surface area contributed by atoms with E-state index in [2.05, 4.69) is 15.9 Å². The maximum absolute atomic E-state index is 11.8. The van der Waals surface area contributed by atoms with Gasteiger partial charge in [-0.1, -0.05) is 12.1 Å². The number of hydrogen-bond donors (Lipinski definition) is 0. The Morgan fingerprint density at radius 1 is 1.33 bits per heavy atom. The zero-order chi connectivity index (χ0) is 13.0. The van der Waals surface area contributed by atoms with Gasteiger partial charge in [-0.15, -0.1) is 11.3 Å². The molecule has 0 spiro atoms. The van der Waals surface area contributed by atoms with Crippen molar-refractivity contribution in [2.75, 3.05) is 13.7 Å². The quantitative estimate of drug-likeness (QED) is 0.784. The van der Waals surface area contributed by atoms with Crippen LogP contribution in [-0.2, 0) is 0 Å². The molecule has 1 heterocycles. The fraction of sp³-hybridized carbons (Fsp3) is 0.154. The minimum absolute atomic E-state index is 0.000509. The molecule has 0 fully saturated rings. The van der Waals surface area contributed by atoms with Crippen molar-refractivity contribution in [3.63, 3.8) is 0 Å². The molecule has 3 nitrogen and oxygen atoms in total. The Balaban J connectivity index is 2.09. The Labute approximate surface area is 117 Å². The normalized spacial score (nSPS) is 10.1. The maximum atomic E-state index is 11.8. The molecule has 2 aromatic rings. The first-order valence-electron chi connectivity index (χ1n) is 5.24. The van der Waals surface area contributed by atoms with Crippen molar-refractivity contribution >= 4 is 33.0 Å². The van der Waals surface area contributed by atoms with E-state index in [9.17, 15) is 4.79 Å². The summed E-state index contributed by atoms with van der Waals surface area (Å²) in [6.45, 7) is -0.000509. The highest BCUT2D eigenvalue weighted by Crippen LogP contribution is 2.34. The van der Waals surface area contributed by atoms with Gasteiger partial charge in [-0.05, 0) is 39.5 Å². The molecule has 0 bridgehead atoms. The SMILES string of the molecule is COc1cccc(Br)c1OCC(=O)c1cccs1. The molecule has 2 rings (SSSR count). The fourth-order valence-corrected chi connectivity index (χ4v) is 2.55. The molecule has 94 valence electrons. The van der Waals surface area contributed by atoms with Crippen molar-refractivity contribution in [3.8, 4) is 11.5 Å². The smallest absolute Gasteiger partial charge is 0.210 e. The molecule has 0 aliphatic heterocycles. The molecule has 5 heteroatoms. The summed E-state index contributed by atoms with van der Waals surface area (Å²) in [5, 5.41) is 1.87. The lowest BCUT2D eigenvalue weighted by Crippen LogP contribution is -2.10. The number of carbonyl (C=O) groups is 1. The van der Waals surface area contributed by atoms with E-state index < -0.39 is 0 Å². The summed E-state index contributed by atoms with van der Waals surface area (Å²) in [5.74, 6) is 1.11. The summed E-state index contributed by atoms with van der Waals surface area (Å²) < 4.78 is 11.5. The highest BCUT2D eigenvalue weighted by atomic mass is 79.9. The molecule has 0 saturated carbocycles. The predicted molar refractivity (Wildman–Crippen MR) is 74.8 cm³/mol. The average Bonchev–Trinajstić information content (AvgIpc) is 2.90. The number of hydrogen-bond acceptors (Lipinski definition) is 4. The molecular weight excluding hydrogens is 316 g/mol. The number of ether oxygens (including phenoxy) is 2. The van der Waals surface area contributed by atoms with Gasteiger partial charge < -0.3 is 9.47 Å². The summed E-state index contributed by atoms with van der Waals surface area (Å²) in [4.78, 5) is 12.5. The van der Waals surface area contributed by atoms with Gasteiger partial charge in [0.15, 0.2) is 18.1 Å². The first kappa shape index (κ1) is 13.1. The van der Waals surface area contributed by atoms with Crippen LogP contribution < -0.4 is 9.47 Å². The fourth-order valence-electron chi connectivity index (χ4n) is 1.44. The second kappa shape index (κ2) is 6.02.